The molecule has 2 aromatic carbocycles. The number of methoxy groups -OCH3 is 1. The van der Waals surface area contributed by atoms with Crippen molar-refractivity contribution in [3.05, 3.63) is 70.0 Å². The number of aryl methyl sites for hydroxylation is 1. The van der Waals surface area contributed by atoms with Crippen LogP contribution in [0.4, 0.5) is 11.4 Å². The number of nitrogen functional groups attached to an aromatic ring is 1. The van der Waals surface area contributed by atoms with Gasteiger partial charge in [-0.1, -0.05) is 49.9 Å². The molecule has 0 heterocycles. The molecule has 7 heteroatoms. The van der Waals surface area contributed by atoms with Crippen LogP contribution in [0.3, 0.4) is 0 Å². The van der Waals surface area contributed by atoms with Crippen molar-refractivity contribution in [2.45, 2.75) is 78.6 Å². The summed E-state index contributed by atoms with van der Waals surface area (Å²) in [5.74, 6) is 6.64. The molecule has 1 atom stereocenters. The number of esters is 1. The van der Waals surface area contributed by atoms with E-state index in [4.69, 9.17) is 22.0 Å². The van der Waals surface area contributed by atoms with Crippen LogP contribution in [0.1, 0.15) is 86.1 Å². The summed E-state index contributed by atoms with van der Waals surface area (Å²) in [6.07, 6.45) is 9.88. The summed E-state index contributed by atoms with van der Waals surface area (Å²) in [7, 11) is 3.29. The SMILES string of the molecule is CNc1ccc(C(c2ccc(C)c(C/C(=C/N)N(N)CC3CCCCCC3)c2)C(C)(C)C(=O)OC)c(C)c1N. The number of allylic oxidation sites excluding steroid dienone is 1. The van der Waals surface area contributed by atoms with Gasteiger partial charge in [-0.25, -0.2) is 5.84 Å². The van der Waals surface area contributed by atoms with Crippen LogP contribution in [-0.4, -0.2) is 31.7 Å². The lowest BCUT2D eigenvalue weighted by Crippen LogP contribution is -2.36. The lowest BCUT2D eigenvalue weighted by Gasteiger charge is -2.34. The van der Waals surface area contributed by atoms with E-state index in [1.54, 1.807) is 6.20 Å². The van der Waals surface area contributed by atoms with Gasteiger partial charge in [0.05, 0.1) is 23.9 Å². The number of anilines is 2. The summed E-state index contributed by atoms with van der Waals surface area (Å²) < 4.78 is 5.27. The molecule has 7 N–H and O–H groups in total. The van der Waals surface area contributed by atoms with Gasteiger partial charge < -0.3 is 26.5 Å². The first-order chi connectivity index (χ1) is 18.5. The molecule has 0 saturated heterocycles. The molecule has 1 saturated carbocycles. The minimum absolute atomic E-state index is 0.274. The highest BCUT2D eigenvalue weighted by Crippen LogP contribution is 2.45. The molecule has 1 unspecified atom stereocenters. The van der Waals surface area contributed by atoms with Crippen LogP contribution in [0.5, 0.6) is 0 Å². The topological polar surface area (TPSA) is 120 Å². The highest BCUT2D eigenvalue weighted by molar-refractivity contribution is 5.79. The van der Waals surface area contributed by atoms with Crippen LogP contribution >= 0.6 is 0 Å². The molecule has 0 aliphatic heterocycles. The Morgan fingerprint density at radius 3 is 2.41 bits per heavy atom. The summed E-state index contributed by atoms with van der Waals surface area (Å²) in [5, 5.41) is 5.00. The second-order valence-corrected chi connectivity index (χ2v) is 11.7. The first-order valence-corrected chi connectivity index (χ1v) is 14.2. The Kier molecular flexibility index (Phi) is 10.3. The van der Waals surface area contributed by atoms with Crippen LogP contribution in [0.25, 0.3) is 0 Å². The van der Waals surface area contributed by atoms with Crippen molar-refractivity contribution in [2.75, 3.05) is 31.8 Å². The summed E-state index contributed by atoms with van der Waals surface area (Å²) in [6, 6.07) is 10.4. The van der Waals surface area contributed by atoms with Crippen molar-refractivity contribution < 1.29 is 9.53 Å². The monoisotopic (exact) mass is 535 g/mol. The fraction of sp³-hybridized carbons (Fsp3) is 0.531. The van der Waals surface area contributed by atoms with Crippen molar-refractivity contribution in [3.8, 4) is 0 Å². The van der Waals surface area contributed by atoms with Gasteiger partial charge in [-0.3, -0.25) is 4.79 Å². The molecule has 39 heavy (non-hydrogen) atoms. The molecular weight excluding hydrogens is 486 g/mol. The second-order valence-electron chi connectivity index (χ2n) is 11.7. The van der Waals surface area contributed by atoms with Crippen LogP contribution in [0.2, 0.25) is 0 Å². The summed E-state index contributed by atoms with van der Waals surface area (Å²) >= 11 is 0. The Balaban J connectivity index is 2.00. The number of carbonyl (C=O) groups excluding carboxylic acids is 1. The Labute approximate surface area is 235 Å². The molecule has 7 nitrogen and oxygen atoms in total. The van der Waals surface area contributed by atoms with Crippen molar-refractivity contribution in [1.29, 1.82) is 0 Å². The fourth-order valence-electron chi connectivity index (χ4n) is 6.10. The molecule has 0 bridgehead atoms. The predicted octanol–water partition coefficient (Wildman–Crippen LogP) is 5.75. The van der Waals surface area contributed by atoms with Crippen molar-refractivity contribution in [2.24, 2.45) is 22.9 Å². The number of hydrogen-bond acceptors (Lipinski definition) is 7. The predicted molar refractivity (Wildman–Crippen MR) is 162 cm³/mol. The zero-order chi connectivity index (χ0) is 28.7. The quantitative estimate of drug-likeness (QED) is 0.101. The summed E-state index contributed by atoms with van der Waals surface area (Å²) in [6.45, 7) is 8.80. The van der Waals surface area contributed by atoms with E-state index in [1.807, 2.05) is 38.9 Å². The van der Waals surface area contributed by atoms with Gasteiger partial charge in [0.25, 0.3) is 0 Å². The minimum atomic E-state index is -0.842. The molecule has 0 aromatic heterocycles. The van der Waals surface area contributed by atoms with Gasteiger partial charge in [-0.2, -0.15) is 0 Å². The third-order valence-electron chi connectivity index (χ3n) is 8.64. The Morgan fingerprint density at radius 1 is 1.15 bits per heavy atom. The van der Waals surface area contributed by atoms with Gasteiger partial charge in [-0.15, -0.1) is 0 Å². The number of nitrogens with zero attached hydrogens (tertiary/aromatic N) is 1. The normalized spacial score (nSPS) is 15.9. The van der Waals surface area contributed by atoms with E-state index in [0.717, 1.165) is 45.7 Å². The molecule has 0 amide bonds. The van der Waals surface area contributed by atoms with Crippen molar-refractivity contribution in [1.82, 2.24) is 5.01 Å². The number of nitrogens with two attached hydrogens (primary N) is 3. The fourth-order valence-corrected chi connectivity index (χ4v) is 6.10. The Hall–Kier alpha value is -3.19. The molecule has 0 spiro atoms. The number of hydrazine groups is 1. The summed E-state index contributed by atoms with van der Waals surface area (Å²) in [4.78, 5) is 13.1. The highest BCUT2D eigenvalue weighted by atomic mass is 16.5. The van der Waals surface area contributed by atoms with Gasteiger partial charge in [0.1, 0.15) is 0 Å². The number of carbonyl (C=O) groups is 1. The maximum Gasteiger partial charge on any atom is 0.312 e. The van der Waals surface area contributed by atoms with E-state index < -0.39 is 5.41 Å². The van der Waals surface area contributed by atoms with Gasteiger partial charge in [0, 0.05) is 37.8 Å². The second kappa shape index (κ2) is 13.2. The molecule has 0 radical (unpaired) electrons. The van der Waals surface area contributed by atoms with E-state index in [-0.39, 0.29) is 11.9 Å². The van der Waals surface area contributed by atoms with Gasteiger partial charge >= 0.3 is 5.97 Å². The average molecular weight is 536 g/mol. The number of rotatable bonds is 10. The standard InChI is InChI=1S/C32H49N5O2/c1-21-13-14-24(17-25(21)18-26(19-33)37(35)20-23-11-9-7-8-10-12-23)29(32(3,4)31(38)39-6)27-15-16-28(36-5)30(34)22(27)2/h13-17,19,23,29,36H,7-12,18,20,33-35H2,1-6H3/b26-19-. The van der Waals surface area contributed by atoms with E-state index >= 15 is 0 Å². The molecule has 214 valence electrons. The smallest absolute Gasteiger partial charge is 0.312 e. The van der Waals surface area contributed by atoms with E-state index in [2.05, 4.69) is 36.5 Å². The largest absolute Gasteiger partial charge is 0.469 e. The van der Waals surface area contributed by atoms with Gasteiger partial charge in [-0.05, 0) is 80.3 Å². The van der Waals surface area contributed by atoms with E-state index in [1.165, 1.54) is 45.6 Å². The van der Waals surface area contributed by atoms with E-state index in [0.29, 0.717) is 18.0 Å². The molecule has 1 aliphatic rings. The van der Waals surface area contributed by atoms with Gasteiger partial charge in [0.15, 0.2) is 0 Å². The van der Waals surface area contributed by atoms with Crippen molar-refractivity contribution in [3.63, 3.8) is 0 Å². The number of benzene rings is 2. The maximum atomic E-state index is 13.1. The zero-order valence-corrected chi connectivity index (χ0v) is 24.8. The molecular formula is C32H49N5O2. The van der Waals surface area contributed by atoms with Crippen molar-refractivity contribution >= 4 is 17.3 Å². The highest BCUT2D eigenvalue weighted by Gasteiger charge is 2.41. The first kappa shape index (κ1) is 30.4. The lowest BCUT2D eigenvalue weighted by atomic mass is 9.69. The number of nitrogens with one attached hydrogen (secondary N) is 1. The van der Waals surface area contributed by atoms with Crippen LogP contribution < -0.4 is 22.6 Å². The van der Waals surface area contributed by atoms with Crippen LogP contribution in [0, 0.1) is 25.2 Å². The maximum absolute atomic E-state index is 13.1. The number of hydrogen-bond donors (Lipinski definition) is 4. The molecule has 2 aromatic rings. The first-order valence-electron chi connectivity index (χ1n) is 14.2. The zero-order valence-electron chi connectivity index (χ0n) is 24.8. The Bertz CT molecular complexity index is 1170. The molecule has 3 rings (SSSR count). The Morgan fingerprint density at radius 2 is 1.82 bits per heavy atom. The third-order valence-corrected chi connectivity index (χ3v) is 8.64. The molecule has 1 fully saturated rings. The van der Waals surface area contributed by atoms with Crippen LogP contribution in [0.15, 0.2) is 42.2 Å². The van der Waals surface area contributed by atoms with Gasteiger partial charge in [0.2, 0.25) is 0 Å². The van der Waals surface area contributed by atoms with E-state index in [9.17, 15) is 4.79 Å². The molecule has 1 aliphatic carbocycles. The van der Waals surface area contributed by atoms with Crippen LogP contribution in [-0.2, 0) is 16.0 Å². The third kappa shape index (κ3) is 6.88. The average Bonchev–Trinajstić information content (AvgIpc) is 3.19. The minimum Gasteiger partial charge on any atom is -0.469 e. The number of ether oxygens (including phenoxy) is 1. The summed E-state index contributed by atoms with van der Waals surface area (Å²) in [5.41, 5.74) is 19.5. The lowest BCUT2D eigenvalue weighted by molar-refractivity contribution is -0.151.